The number of rotatable bonds is 6. The minimum absolute atomic E-state index is 0.616. The predicted molar refractivity (Wildman–Crippen MR) is 51.8 cm³/mol. The Morgan fingerprint density at radius 3 is 2.58 bits per heavy atom. The summed E-state index contributed by atoms with van der Waals surface area (Å²) < 4.78 is 0. The van der Waals surface area contributed by atoms with Crippen LogP contribution < -0.4 is 0 Å². The molecule has 0 saturated carbocycles. The number of hydrogen-bond acceptors (Lipinski definition) is 2. The molecule has 0 aliphatic carbocycles. The van der Waals surface area contributed by atoms with E-state index in [1.807, 2.05) is 0 Å². The van der Waals surface area contributed by atoms with Gasteiger partial charge in [0.2, 0.25) is 0 Å². The van der Waals surface area contributed by atoms with E-state index in [2.05, 4.69) is 31.4 Å². The summed E-state index contributed by atoms with van der Waals surface area (Å²) in [5.41, 5.74) is 1.25. The van der Waals surface area contributed by atoms with E-state index in [1.165, 1.54) is 5.57 Å². The van der Waals surface area contributed by atoms with E-state index in [0.29, 0.717) is 6.42 Å². The number of hydrogen-bond donors (Lipinski definition) is 0. The fraction of sp³-hybridized carbons (Fsp3) is 0.700. The lowest BCUT2D eigenvalue weighted by molar-refractivity contribution is 0.318. The summed E-state index contributed by atoms with van der Waals surface area (Å²) in [7, 11) is 0. The van der Waals surface area contributed by atoms with Crippen molar-refractivity contribution in [3.8, 4) is 6.07 Å². The van der Waals surface area contributed by atoms with Crippen LogP contribution in [0, 0.1) is 11.3 Å². The molecule has 0 bridgehead atoms. The monoisotopic (exact) mass is 166 g/mol. The molecule has 0 aliphatic heterocycles. The zero-order valence-electron chi connectivity index (χ0n) is 8.14. The van der Waals surface area contributed by atoms with Gasteiger partial charge in [-0.1, -0.05) is 26.0 Å². The van der Waals surface area contributed by atoms with Crippen LogP contribution in [0.2, 0.25) is 0 Å². The molecule has 2 heteroatoms. The standard InChI is InChI=1S/C10H18N2/c1-4-10(3)9-12(5-2)8-6-7-11/h3-6,8-9H2,1-2H3. The smallest absolute Gasteiger partial charge is 0.0635 e. The molecule has 0 spiro atoms. The fourth-order valence-corrected chi connectivity index (χ4v) is 0.985. The summed E-state index contributed by atoms with van der Waals surface area (Å²) in [5.74, 6) is 0. The van der Waals surface area contributed by atoms with Crippen LogP contribution in [0.25, 0.3) is 0 Å². The molecular formula is C10H18N2. The van der Waals surface area contributed by atoms with E-state index in [-0.39, 0.29) is 0 Å². The molecule has 0 saturated heterocycles. The quantitative estimate of drug-likeness (QED) is 0.565. The van der Waals surface area contributed by atoms with Gasteiger partial charge in [-0.2, -0.15) is 5.26 Å². The van der Waals surface area contributed by atoms with Crippen molar-refractivity contribution in [3.05, 3.63) is 12.2 Å². The van der Waals surface area contributed by atoms with Gasteiger partial charge in [0.25, 0.3) is 0 Å². The minimum Gasteiger partial charge on any atom is -0.299 e. The normalized spacial score (nSPS) is 9.83. The molecule has 0 aromatic rings. The molecule has 0 N–H and O–H groups in total. The van der Waals surface area contributed by atoms with Gasteiger partial charge >= 0.3 is 0 Å². The highest BCUT2D eigenvalue weighted by Gasteiger charge is 2.01. The van der Waals surface area contributed by atoms with E-state index in [0.717, 1.165) is 26.1 Å². The Morgan fingerprint density at radius 1 is 1.50 bits per heavy atom. The Balaban J connectivity index is 3.68. The molecule has 0 unspecified atom stereocenters. The van der Waals surface area contributed by atoms with Gasteiger partial charge in [0.1, 0.15) is 0 Å². The molecule has 0 rings (SSSR count). The second-order valence-electron chi connectivity index (χ2n) is 2.88. The lowest BCUT2D eigenvalue weighted by Gasteiger charge is -2.19. The summed E-state index contributed by atoms with van der Waals surface area (Å²) >= 11 is 0. The molecule has 12 heavy (non-hydrogen) atoms. The summed E-state index contributed by atoms with van der Waals surface area (Å²) in [6, 6.07) is 2.15. The van der Waals surface area contributed by atoms with Gasteiger partial charge in [-0.3, -0.25) is 4.90 Å². The largest absolute Gasteiger partial charge is 0.299 e. The number of nitrogens with zero attached hydrogens (tertiary/aromatic N) is 2. The predicted octanol–water partition coefficient (Wildman–Crippen LogP) is 2.19. The first-order chi connectivity index (χ1) is 5.74. The second kappa shape index (κ2) is 6.87. The molecule has 0 aromatic heterocycles. The van der Waals surface area contributed by atoms with E-state index in [1.54, 1.807) is 0 Å². The summed E-state index contributed by atoms with van der Waals surface area (Å²) in [6.07, 6.45) is 1.65. The van der Waals surface area contributed by atoms with Gasteiger partial charge in [-0.05, 0) is 13.0 Å². The molecule has 0 aromatic carbocycles. The molecular weight excluding hydrogens is 148 g/mol. The van der Waals surface area contributed by atoms with Gasteiger partial charge in [0.15, 0.2) is 0 Å². The van der Waals surface area contributed by atoms with Crippen LogP contribution >= 0.6 is 0 Å². The number of likely N-dealkylation sites (N-methyl/N-ethyl adjacent to an activating group) is 1. The van der Waals surface area contributed by atoms with E-state index < -0.39 is 0 Å². The maximum atomic E-state index is 8.40. The minimum atomic E-state index is 0.616. The SMILES string of the molecule is C=C(CC)CN(CC)CCC#N. The van der Waals surface area contributed by atoms with Crippen LogP contribution in [0.3, 0.4) is 0 Å². The summed E-state index contributed by atoms with van der Waals surface area (Å²) in [5, 5.41) is 8.40. The molecule has 0 amide bonds. The van der Waals surface area contributed by atoms with Gasteiger partial charge in [-0.15, -0.1) is 0 Å². The zero-order chi connectivity index (χ0) is 9.40. The van der Waals surface area contributed by atoms with Crippen LogP contribution in [0.4, 0.5) is 0 Å². The van der Waals surface area contributed by atoms with Crippen molar-refractivity contribution in [2.24, 2.45) is 0 Å². The van der Waals surface area contributed by atoms with Crippen LogP contribution in [-0.4, -0.2) is 24.5 Å². The van der Waals surface area contributed by atoms with Crippen LogP contribution in [-0.2, 0) is 0 Å². The zero-order valence-corrected chi connectivity index (χ0v) is 8.14. The average Bonchev–Trinajstić information content (AvgIpc) is 2.11. The molecule has 2 nitrogen and oxygen atoms in total. The first-order valence-corrected chi connectivity index (χ1v) is 4.50. The van der Waals surface area contributed by atoms with Crippen LogP contribution in [0.15, 0.2) is 12.2 Å². The van der Waals surface area contributed by atoms with Crippen molar-refractivity contribution in [3.63, 3.8) is 0 Å². The third kappa shape index (κ3) is 4.92. The Morgan fingerprint density at radius 2 is 2.17 bits per heavy atom. The highest BCUT2D eigenvalue weighted by Crippen LogP contribution is 2.01. The Labute approximate surface area is 75.5 Å². The molecule has 68 valence electrons. The second-order valence-corrected chi connectivity index (χ2v) is 2.88. The van der Waals surface area contributed by atoms with E-state index in [4.69, 9.17) is 5.26 Å². The van der Waals surface area contributed by atoms with E-state index >= 15 is 0 Å². The summed E-state index contributed by atoms with van der Waals surface area (Å²) in [6.45, 7) is 11.0. The molecule has 0 fully saturated rings. The highest BCUT2D eigenvalue weighted by atomic mass is 15.1. The van der Waals surface area contributed by atoms with Crippen LogP contribution in [0.5, 0.6) is 0 Å². The van der Waals surface area contributed by atoms with Gasteiger partial charge < -0.3 is 0 Å². The topological polar surface area (TPSA) is 27.0 Å². The maximum Gasteiger partial charge on any atom is 0.0635 e. The third-order valence-electron chi connectivity index (χ3n) is 1.93. The molecule has 0 atom stereocenters. The van der Waals surface area contributed by atoms with Crippen molar-refractivity contribution < 1.29 is 0 Å². The average molecular weight is 166 g/mol. The highest BCUT2D eigenvalue weighted by molar-refractivity contribution is 4.96. The van der Waals surface area contributed by atoms with Crippen LogP contribution in [0.1, 0.15) is 26.7 Å². The van der Waals surface area contributed by atoms with Crippen molar-refractivity contribution in [1.29, 1.82) is 5.26 Å². The lowest BCUT2D eigenvalue weighted by atomic mass is 10.2. The Hall–Kier alpha value is -0.810. The van der Waals surface area contributed by atoms with Crippen molar-refractivity contribution >= 4 is 0 Å². The Kier molecular flexibility index (Phi) is 6.41. The van der Waals surface area contributed by atoms with Crippen molar-refractivity contribution in [1.82, 2.24) is 4.90 Å². The molecule has 0 aliphatic rings. The van der Waals surface area contributed by atoms with Crippen molar-refractivity contribution in [2.45, 2.75) is 26.7 Å². The first-order valence-electron chi connectivity index (χ1n) is 4.50. The summed E-state index contributed by atoms with van der Waals surface area (Å²) in [4.78, 5) is 2.25. The molecule has 0 heterocycles. The van der Waals surface area contributed by atoms with Crippen molar-refractivity contribution in [2.75, 3.05) is 19.6 Å². The third-order valence-corrected chi connectivity index (χ3v) is 1.93. The van der Waals surface area contributed by atoms with E-state index in [9.17, 15) is 0 Å². The van der Waals surface area contributed by atoms with Gasteiger partial charge in [-0.25, -0.2) is 0 Å². The fourth-order valence-electron chi connectivity index (χ4n) is 0.985. The Bertz CT molecular complexity index is 167. The van der Waals surface area contributed by atoms with Gasteiger partial charge in [0, 0.05) is 19.5 Å². The lowest BCUT2D eigenvalue weighted by Crippen LogP contribution is -2.26. The first kappa shape index (κ1) is 11.2. The number of nitriles is 1. The molecule has 0 radical (unpaired) electrons. The van der Waals surface area contributed by atoms with Gasteiger partial charge in [0.05, 0.1) is 6.07 Å². The maximum absolute atomic E-state index is 8.40.